The molecule has 14 heavy (non-hydrogen) atoms. The van der Waals surface area contributed by atoms with Crippen LogP contribution in [0, 0.1) is 0 Å². The number of likely N-dealkylation sites (tertiary alicyclic amines) is 1. The van der Waals surface area contributed by atoms with Gasteiger partial charge in [0.25, 0.3) is 0 Å². The average molecular weight is 198 g/mol. The lowest BCUT2D eigenvalue weighted by atomic mass is 10.1. The van der Waals surface area contributed by atoms with Gasteiger partial charge in [-0.25, -0.2) is 0 Å². The lowest BCUT2D eigenvalue weighted by Gasteiger charge is -2.30. The Hall–Kier alpha value is -0.0800. The molecule has 2 atom stereocenters. The van der Waals surface area contributed by atoms with Crippen LogP contribution in [-0.2, 0) is 0 Å². The molecule has 0 spiro atoms. The number of hydrogen-bond donors (Lipinski definition) is 1. The van der Waals surface area contributed by atoms with Gasteiger partial charge in [0, 0.05) is 12.1 Å². The molecule has 0 bridgehead atoms. The van der Waals surface area contributed by atoms with Crippen molar-refractivity contribution in [1.29, 1.82) is 0 Å². The fraction of sp³-hybridized carbons (Fsp3) is 1.00. The third kappa shape index (κ3) is 3.25. The predicted molar refractivity (Wildman–Crippen MR) is 62.6 cm³/mol. The number of nitrogens with zero attached hydrogens (tertiary/aromatic N) is 1. The maximum absolute atomic E-state index is 3.22. The van der Waals surface area contributed by atoms with E-state index in [-0.39, 0.29) is 0 Å². The van der Waals surface area contributed by atoms with Gasteiger partial charge in [-0.05, 0) is 59.2 Å². The summed E-state index contributed by atoms with van der Waals surface area (Å²) in [7, 11) is 2.04. The second-order valence-electron chi connectivity index (χ2n) is 4.54. The Kier molecular flexibility index (Phi) is 5.49. The minimum Gasteiger partial charge on any atom is -0.320 e. The molecule has 1 aliphatic rings. The van der Waals surface area contributed by atoms with Crippen LogP contribution in [0.1, 0.15) is 46.0 Å². The molecule has 1 heterocycles. The van der Waals surface area contributed by atoms with Gasteiger partial charge in [0.1, 0.15) is 0 Å². The summed E-state index contributed by atoms with van der Waals surface area (Å²) in [5.41, 5.74) is 0. The molecule has 84 valence electrons. The molecule has 2 heteroatoms. The first-order valence-electron chi connectivity index (χ1n) is 6.20. The van der Waals surface area contributed by atoms with E-state index in [9.17, 15) is 0 Å². The highest BCUT2D eigenvalue weighted by Gasteiger charge is 2.26. The second-order valence-corrected chi connectivity index (χ2v) is 4.54. The summed E-state index contributed by atoms with van der Waals surface area (Å²) in [6.07, 6.45) is 6.82. The maximum Gasteiger partial charge on any atom is 0.00959 e. The first kappa shape index (κ1) is 12.0. The van der Waals surface area contributed by atoms with Crippen molar-refractivity contribution >= 4 is 0 Å². The van der Waals surface area contributed by atoms with Gasteiger partial charge < -0.3 is 5.32 Å². The third-order valence-corrected chi connectivity index (χ3v) is 3.51. The van der Waals surface area contributed by atoms with Crippen molar-refractivity contribution in [1.82, 2.24) is 10.2 Å². The molecule has 1 fully saturated rings. The van der Waals surface area contributed by atoms with Crippen LogP contribution in [0.15, 0.2) is 0 Å². The Balaban J connectivity index is 2.24. The predicted octanol–water partition coefficient (Wildman–Crippen LogP) is 2.25. The first-order valence-corrected chi connectivity index (χ1v) is 6.20. The molecule has 0 saturated carbocycles. The molecule has 1 N–H and O–H groups in total. The molecule has 0 aromatic heterocycles. The van der Waals surface area contributed by atoms with Gasteiger partial charge in [-0.1, -0.05) is 6.92 Å². The lowest BCUT2D eigenvalue weighted by molar-refractivity contribution is 0.177. The van der Waals surface area contributed by atoms with Crippen molar-refractivity contribution in [2.45, 2.75) is 58.0 Å². The molecule has 1 rings (SSSR count). The standard InChI is InChI=1S/C12H26N2/c1-4-12-8-6-10-14(12)11(2)7-5-9-13-3/h11-13H,4-10H2,1-3H3. The van der Waals surface area contributed by atoms with Crippen molar-refractivity contribution in [3.63, 3.8) is 0 Å². The van der Waals surface area contributed by atoms with Crippen molar-refractivity contribution in [2.75, 3.05) is 20.1 Å². The topological polar surface area (TPSA) is 15.3 Å². The van der Waals surface area contributed by atoms with Gasteiger partial charge >= 0.3 is 0 Å². The molecule has 1 aliphatic heterocycles. The highest BCUT2D eigenvalue weighted by molar-refractivity contribution is 4.81. The van der Waals surface area contributed by atoms with E-state index in [4.69, 9.17) is 0 Å². The third-order valence-electron chi connectivity index (χ3n) is 3.51. The largest absolute Gasteiger partial charge is 0.320 e. The monoisotopic (exact) mass is 198 g/mol. The minimum absolute atomic E-state index is 0.788. The van der Waals surface area contributed by atoms with Gasteiger partial charge in [-0.2, -0.15) is 0 Å². The van der Waals surface area contributed by atoms with Crippen LogP contribution in [0.25, 0.3) is 0 Å². The summed E-state index contributed by atoms with van der Waals surface area (Å²) in [6.45, 7) is 7.21. The normalized spacial score (nSPS) is 25.5. The van der Waals surface area contributed by atoms with Crippen LogP contribution >= 0.6 is 0 Å². The van der Waals surface area contributed by atoms with Gasteiger partial charge in [0.15, 0.2) is 0 Å². The molecular formula is C12H26N2. The van der Waals surface area contributed by atoms with Crippen LogP contribution in [0.3, 0.4) is 0 Å². The number of hydrogen-bond acceptors (Lipinski definition) is 2. The maximum atomic E-state index is 3.22. The molecule has 0 amide bonds. The quantitative estimate of drug-likeness (QED) is 0.659. The molecule has 0 radical (unpaired) electrons. The minimum atomic E-state index is 0.788. The van der Waals surface area contributed by atoms with Gasteiger partial charge in [0.05, 0.1) is 0 Å². The Morgan fingerprint density at radius 3 is 2.93 bits per heavy atom. The number of nitrogens with one attached hydrogen (secondary N) is 1. The summed E-state index contributed by atoms with van der Waals surface area (Å²) in [5, 5.41) is 3.22. The van der Waals surface area contributed by atoms with Crippen LogP contribution in [-0.4, -0.2) is 37.1 Å². The SMILES string of the molecule is CCC1CCCN1C(C)CCCNC. The second kappa shape index (κ2) is 6.41. The van der Waals surface area contributed by atoms with Crippen molar-refractivity contribution in [3.05, 3.63) is 0 Å². The highest BCUT2D eigenvalue weighted by Crippen LogP contribution is 2.23. The average Bonchev–Trinajstić information content (AvgIpc) is 2.65. The molecular weight excluding hydrogens is 172 g/mol. The smallest absolute Gasteiger partial charge is 0.00959 e. The Morgan fingerprint density at radius 2 is 2.29 bits per heavy atom. The zero-order chi connectivity index (χ0) is 10.4. The first-order chi connectivity index (χ1) is 6.79. The van der Waals surface area contributed by atoms with E-state index in [1.807, 2.05) is 7.05 Å². The molecule has 2 nitrogen and oxygen atoms in total. The van der Waals surface area contributed by atoms with E-state index in [1.54, 1.807) is 0 Å². The van der Waals surface area contributed by atoms with Crippen molar-refractivity contribution in [3.8, 4) is 0 Å². The van der Waals surface area contributed by atoms with Crippen molar-refractivity contribution in [2.24, 2.45) is 0 Å². The van der Waals surface area contributed by atoms with Crippen LogP contribution < -0.4 is 5.32 Å². The van der Waals surface area contributed by atoms with E-state index in [2.05, 4.69) is 24.1 Å². The van der Waals surface area contributed by atoms with E-state index < -0.39 is 0 Å². The fourth-order valence-corrected chi connectivity index (χ4v) is 2.62. The molecule has 0 aromatic rings. The Morgan fingerprint density at radius 1 is 1.50 bits per heavy atom. The summed E-state index contributed by atoms with van der Waals surface area (Å²) >= 11 is 0. The zero-order valence-corrected chi connectivity index (χ0v) is 10.1. The van der Waals surface area contributed by atoms with Crippen LogP contribution in [0.5, 0.6) is 0 Å². The molecule has 1 saturated heterocycles. The van der Waals surface area contributed by atoms with Crippen LogP contribution in [0.4, 0.5) is 0 Å². The number of rotatable bonds is 6. The molecule has 0 aromatic carbocycles. The zero-order valence-electron chi connectivity index (χ0n) is 10.1. The van der Waals surface area contributed by atoms with Gasteiger partial charge in [-0.15, -0.1) is 0 Å². The fourth-order valence-electron chi connectivity index (χ4n) is 2.62. The van der Waals surface area contributed by atoms with Gasteiger partial charge in [-0.3, -0.25) is 4.90 Å². The lowest BCUT2D eigenvalue weighted by Crippen LogP contribution is -2.37. The Labute approximate surface area is 89.1 Å². The van der Waals surface area contributed by atoms with E-state index >= 15 is 0 Å². The summed E-state index contributed by atoms with van der Waals surface area (Å²) in [6, 6.07) is 1.66. The highest BCUT2D eigenvalue weighted by atomic mass is 15.2. The van der Waals surface area contributed by atoms with Gasteiger partial charge in [0.2, 0.25) is 0 Å². The summed E-state index contributed by atoms with van der Waals surface area (Å²) in [5.74, 6) is 0. The Bertz CT molecular complexity index is 147. The van der Waals surface area contributed by atoms with Crippen LogP contribution in [0.2, 0.25) is 0 Å². The van der Waals surface area contributed by atoms with E-state index in [0.717, 1.165) is 18.6 Å². The molecule has 0 aliphatic carbocycles. The summed E-state index contributed by atoms with van der Waals surface area (Å²) < 4.78 is 0. The summed E-state index contributed by atoms with van der Waals surface area (Å²) in [4.78, 5) is 2.72. The van der Waals surface area contributed by atoms with Crippen molar-refractivity contribution < 1.29 is 0 Å². The van der Waals surface area contributed by atoms with E-state index in [0.29, 0.717) is 0 Å². The molecule has 2 unspecified atom stereocenters. The van der Waals surface area contributed by atoms with E-state index in [1.165, 1.54) is 38.6 Å².